The first-order chi connectivity index (χ1) is 12.5. The van der Waals surface area contributed by atoms with Crippen LogP contribution in [0.15, 0.2) is 71.4 Å². The summed E-state index contributed by atoms with van der Waals surface area (Å²) in [7, 11) is -3.91. The van der Waals surface area contributed by atoms with E-state index in [1.165, 1.54) is 24.5 Å². The van der Waals surface area contributed by atoms with E-state index < -0.39 is 15.9 Å². The van der Waals surface area contributed by atoms with E-state index in [0.717, 1.165) is 5.56 Å². The highest BCUT2D eigenvalue weighted by Crippen LogP contribution is 2.17. The Balaban J connectivity index is 1.64. The highest BCUT2D eigenvalue weighted by Gasteiger charge is 2.17. The molecule has 3 rings (SSSR count). The first-order valence-electron chi connectivity index (χ1n) is 7.75. The molecule has 8 heteroatoms. The van der Waals surface area contributed by atoms with Crippen LogP contribution in [0.1, 0.15) is 21.6 Å². The van der Waals surface area contributed by atoms with Crippen LogP contribution in [0.5, 0.6) is 5.75 Å². The molecule has 2 aromatic carbocycles. The van der Waals surface area contributed by atoms with Crippen molar-refractivity contribution >= 4 is 16.0 Å². The second-order valence-corrected chi connectivity index (χ2v) is 7.04. The van der Waals surface area contributed by atoms with Crippen LogP contribution in [0.25, 0.3) is 0 Å². The summed E-state index contributed by atoms with van der Waals surface area (Å²) >= 11 is 0. The SMILES string of the molecule is O=C(NCc1ccccc1)c1cccc(OS(=O)(=O)Cc2ccon2)c1. The lowest BCUT2D eigenvalue weighted by Crippen LogP contribution is -2.22. The van der Waals surface area contributed by atoms with Crippen molar-refractivity contribution in [2.75, 3.05) is 0 Å². The number of benzene rings is 2. The van der Waals surface area contributed by atoms with Crippen molar-refractivity contribution in [3.8, 4) is 5.75 Å². The molecule has 26 heavy (non-hydrogen) atoms. The van der Waals surface area contributed by atoms with Gasteiger partial charge in [0.25, 0.3) is 5.91 Å². The molecule has 0 saturated carbocycles. The zero-order valence-electron chi connectivity index (χ0n) is 13.7. The van der Waals surface area contributed by atoms with E-state index >= 15 is 0 Å². The maximum absolute atomic E-state index is 12.3. The Morgan fingerprint density at radius 1 is 1.08 bits per heavy atom. The molecule has 1 aromatic heterocycles. The van der Waals surface area contributed by atoms with Gasteiger partial charge in [0.2, 0.25) is 0 Å². The van der Waals surface area contributed by atoms with Crippen LogP contribution >= 0.6 is 0 Å². The Morgan fingerprint density at radius 3 is 2.62 bits per heavy atom. The van der Waals surface area contributed by atoms with Crippen LogP contribution in [-0.2, 0) is 22.4 Å². The van der Waals surface area contributed by atoms with E-state index in [-0.39, 0.29) is 17.4 Å². The Bertz CT molecular complexity index is 970. The van der Waals surface area contributed by atoms with Gasteiger partial charge in [-0.1, -0.05) is 41.6 Å². The second kappa shape index (κ2) is 7.83. The standard InChI is InChI=1S/C18H16N2O5S/c21-18(19-12-14-5-2-1-3-6-14)15-7-4-8-17(11-15)25-26(22,23)13-16-9-10-24-20-16/h1-11H,12-13H2,(H,19,21). The minimum Gasteiger partial charge on any atom is -0.382 e. The summed E-state index contributed by atoms with van der Waals surface area (Å²) in [4.78, 5) is 12.3. The highest BCUT2D eigenvalue weighted by molar-refractivity contribution is 7.86. The number of nitrogens with zero attached hydrogens (tertiary/aromatic N) is 1. The van der Waals surface area contributed by atoms with Gasteiger partial charge < -0.3 is 14.0 Å². The Labute approximate surface area is 150 Å². The van der Waals surface area contributed by atoms with Crippen molar-refractivity contribution in [1.29, 1.82) is 0 Å². The van der Waals surface area contributed by atoms with E-state index in [1.54, 1.807) is 12.1 Å². The summed E-state index contributed by atoms with van der Waals surface area (Å²) in [5, 5.41) is 6.32. The van der Waals surface area contributed by atoms with Gasteiger partial charge in [0, 0.05) is 18.2 Å². The third-order valence-corrected chi connectivity index (χ3v) is 4.53. The van der Waals surface area contributed by atoms with Crippen molar-refractivity contribution in [2.24, 2.45) is 0 Å². The number of carbonyl (C=O) groups excluding carboxylic acids is 1. The molecule has 0 spiro atoms. The van der Waals surface area contributed by atoms with E-state index in [0.29, 0.717) is 12.1 Å². The van der Waals surface area contributed by atoms with Crippen molar-refractivity contribution in [3.05, 3.63) is 83.7 Å². The van der Waals surface area contributed by atoms with Gasteiger partial charge in [-0.25, -0.2) is 0 Å². The van der Waals surface area contributed by atoms with Gasteiger partial charge in [-0.3, -0.25) is 4.79 Å². The number of aromatic nitrogens is 1. The van der Waals surface area contributed by atoms with Gasteiger partial charge in [-0.2, -0.15) is 8.42 Å². The van der Waals surface area contributed by atoms with Crippen LogP contribution < -0.4 is 9.50 Å². The molecule has 134 valence electrons. The third kappa shape index (κ3) is 4.93. The van der Waals surface area contributed by atoms with Gasteiger partial charge in [0.15, 0.2) is 0 Å². The van der Waals surface area contributed by atoms with Crippen LogP contribution in [0.4, 0.5) is 0 Å². The summed E-state index contributed by atoms with van der Waals surface area (Å²) < 4.78 is 33.8. The van der Waals surface area contributed by atoms with Crippen molar-refractivity contribution in [1.82, 2.24) is 10.5 Å². The van der Waals surface area contributed by atoms with Crippen molar-refractivity contribution < 1.29 is 21.9 Å². The molecular weight excluding hydrogens is 356 g/mol. The fourth-order valence-corrected chi connectivity index (χ4v) is 3.21. The molecule has 0 aliphatic rings. The van der Waals surface area contributed by atoms with E-state index in [1.807, 2.05) is 30.3 Å². The fourth-order valence-electron chi connectivity index (χ4n) is 2.24. The van der Waals surface area contributed by atoms with E-state index in [4.69, 9.17) is 4.18 Å². The summed E-state index contributed by atoms with van der Waals surface area (Å²) in [6.07, 6.45) is 1.28. The Kier molecular flexibility index (Phi) is 5.33. The Morgan fingerprint density at radius 2 is 1.88 bits per heavy atom. The van der Waals surface area contributed by atoms with Gasteiger partial charge in [0.05, 0.1) is 0 Å². The molecule has 0 bridgehead atoms. The second-order valence-electron chi connectivity index (χ2n) is 5.47. The average Bonchev–Trinajstić information content (AvgIpc) is 3.12. The zero-order valence-corrected chi connectivity index (χ0v) is 14.5. The first kappa shape index (κ1) is 17.7. The molecular formula is C18H16N2O5S. The summed E-state index contributed by atoms with van der Waals surface area (Å²) in [6.45, 7) is 0.370. The molecule has 0 aliphatic heterocycles. The van der Waals surface area contributed by atoms with Crippen LogP contribution in [0, 0.1) is 0 Å². The molecule has 3 aromatic rings. The maximum Gasteiger partial charge on any atom is 0.315 e. The lowest BCUT2D eigenvalue weighted by molar-refractivity contribution is 0.0950. The summed E-state index contributed by atoms with van der Waals surface area (Å²) in [5.41, 5.74) is 1.50. The number of hydrogen-bond acceptors (Lipinski definition) is 6. The fraction of sp³-hybridized carbons (Fsp3) is 0.111. The number of hydrogen-bond donors (Lipinski definition) is 1. The Hall–Kier alpha value is -3.13. The molecule has 1 N–H and O–H groups in total. The van der Waals surface area contributed by atoms with Crippen LogP contribution in [0.3, 0.4) is 0 Å². The average molecular weight is 372 g/mol. The molecule has 1 heterocycles. The first-order valence-corrected chi connectivity index (χ1v) is 9.33. The van der Waals surface area contributed by atoms with Crippen molar-refractivity contribution in [2.45, 2.75) is 12.3 Å². The quantitative estimate of drug-likeness (QED) is 0.640. The molecule has 0 unspecified atom stereocenters. The van der Waals surface area contributed by atoms with Gasteiger partial charge in [0.1, 0.15) is 23.5 Å². The number of rotatable bonds is 7. The van der Waals surface area contributed by atoms with Gasteiger partial charge >= 0.3 is 10.1 Å². The lowest BCUT2D eigenvalue weighted by atomic mass is 10.2. The molecule has 1 amide bonds. The van der Waals surface area contributed by atoms with E-state index in [9.17, 15) is 13.2 Å². The molecule has 0 aliphatic carbocycles. The number of amides is 1. The monoisotopic (exact) mass is 372 g/mol. The zero-order chi connectivity index (χ0) is 18.4. The van der Waals surface area contributed by atoms with Crippen LogP contribution in [0.2, 0.25) is 0 Å². The highest BCUT2D eigenvalue weighted by atomic mass is 32.2. The van der Waals surface area contributed by atoms with E-state index in [2.05, 4.69) is 15.0 Å². The minimum atomic E-state index is -3.91. The van der Waals surface area contributed by atoms with Crippen LogP contribution in [-0.4, -0.2) is 19.5 Å². The number of nitrogens with one attached hydrogen (secondary N) is 1. The minimum absolute atomic E-state index is 0.0563. The predicted octanol–water partition coefficient (Wildman–Crippen LogP) is 2.51. The molecule has 0 saturated heterocycles. The van der Waals surface area contributed by atoms with Gasteiger partial charge in [-0.15, -0.1) is 0 Å². The molecule has 0 radical (unpaired) electrons. The van der Waals surface area contributed by atoms with Crippen molar-refractivity contribution in [3.63, 3.8) is 0 Å². The predicted molar refractivity (Wildman–Crippen MR) is 93.8 cm³/mol. The van der Waals surface area contributed by atoms with Gasteiger partial charge in [-0.05, 0) is 23.8 Å². The number of carbonyl (C=O) groups is 1. The third-order valence-electron chi connectivity index (χ3n) is 3.43. The normalized spacial score (nSPS) is 11.1. The molecule has 0 atom stereocenters. The molecule has 7 nitrogen and oxygen atoms in total. The lowest BCUT2D eigenvalue weighted by Gasteiger charge is -2.08. The maximum atomic E-state index is 12.3. The molecule has 0 fully saturated rings. The summed E-state index contributed by atoms with van der Waals surface area (Å²) in [6, 6.07) is 16.9. The topological polar surface area (TPSA) is 98.5 Å². The smallest absolute Gasteiger partial charge is 0.315 e. The summed E-state index contributed by atoms with van der Waals surface area (Å²) in [5.74, 6) is -0.692. The largest absolute Gasteiger partial charge is 0.382 e.